The first-order chi connectivity index (χ1) is 10.2. The molecule has 3 aromatic heterocycles. The number of aryl methyl sites for hydroxylation is 1. The van der Waals surface area contributed by atoms with Crippen molar-refractivity contribution in [2.75, 3.05) is 5.88 Å². The number of pyridine rings is 1. The van der Waals surface area contributed by atoms with Gasteiger partial charge >= 0.3 is 0 Å². The van der Waals surface area contributed by atoms with Crippen molar-refractivity contribution in [3.8, 4) is 0 Å². The third-order valence-electron chi connectivity index (χ3n) is 3.36. The summed E-state index contributed by atoms with van der Waals surface area (Å²) in [5.41, 5.74) is 1.79. The molecule has 3 rings (SSSR count). The zero-order valence-corrected chi connectivity index (χ0v) is 13.9. The van der Waals surface area contributed by atoms with Crippen LogP contribution in [0.15, 0.2) is 35.5 Å². The minimum Gasteiger partial charge on any atom is -0.335 e. The fourth-order valence-corrected chi connectivity index (χ4v) is 3.00. The van der Waals surface area contributed by atoms with Gasteiger partial charge in [0, 0.05) is 41.9 Å². The fraction of sp³-hybridized carbons (Fsp3) is 0.357. The van der Waals surface area contributed by atoms with Gasteiger partial charge in [0.25, 0.3) is 0 Å². The summed E-state index contributed by atoms with van der Waals surface area (Å²) in [6, 6.07) is 2.21. The molecule has 0 fully saturated rings. The summed E-state index contributed by atoms with van der Waals surface area (Å²) < 4.78 is 5.16. The number of nitrogens with zero attached hydrogens (tertiary/aromatic N) is 5. The molecule has 1 atom stereocenters. The second-order valence-corrected chi connectivity index (χ2v) is 6.24. The highest BCUT2D eigenvalue weighted by Gasteiger charge is 2.17. The van der Waals surface area contributed by atoms with Crippen LogP contribution in [0.3, 0.4) is 0 Å². The monoisotopic (exact) mass is 367 g/mol. The van der Waals surface area contributed by atoms with Crippen molar-refractivity contribution in [1.29, 1.82) is 0 Å². The Balaban J connectivity index is 2.03. The Morgan fingerprint density at radius 2 is 2.29 bits per heavy atom. The van der Waals surface area contributed by atoms with E-state index in [2.05, 4.69) is 46.9 Å². The zero-order valence-electron chi connectivity index (χ0n) is 11.6. The van der Waals surface area contributed by atoms with Gasteiger partial charge in [-0.15, -0.1) is 11.6 Å². The van der Waals surface area contributed by atoms with Gasteiger partial charge in [0.2, 0.25) is 0 Å². The molecule has 0 aliphatic heterocycles. The van der Waals surface area contributed by atoms with Crippen molar-refractivity contribution in [3.63, 3.8) is 0 Å². The van der Waals surface area contributed by atoms with Gasteiger partial charge in [-0.1, -0.05) is 0 Å². The molecule has 0 radical (unpaired) electrons. The maximum absolute atomic E-state index is 5.92. The molecular formula is C14H15BrClN5. The molecule has 21 heavy (non-hydrogen) atoms. The molecule has 7 heteroatoms. The van der Waals surface area contributed by atoms with Gasteiger partial charge in [-0.25, -0.2) is 15.0 Å². The lowest BCUT2D eigenvalue weighted by Crippen LogP contribution is -2.15. The van der Waals surface area contributed by atoms with E-state index in [0.717, 1.165) is 34.4 Å². The summed E-state index contributed by atoms with van der Waals surface area (Å²) in [4.78, 5) is 13.3. The Labute approximate surface area is 136 Å². The normalized spacial score (nSPS) is 12.9. The summed E-state index contributed by atoms with van der Waals surface area (Å²) in [6.45, 7) is 2.97. The molecule has 0 amide bonds. The molecule has 0 aliphatic rings. The molecule has 3 heterocycles. The highest BCUT2D eigenvalue weighted by atomic mass is 79.9. The molecule has 5 nitrogen and oxygen atoms in total. The Hall–Kier alpha value is -1.40. The molecule has 0 saturated heterocycles. The Kier molecular flexibility index (Phi) is 4.26. The van der Waals surface area contributed by atoms with E-state index < -0.39 is 0 Å². The van der Waals surface area contributed by atoms with E-state index in [-0.39, 0.29) is 6.04 Å². The van der Waals surface area contributed by atoms with Gasteiger partial charge in [-0.05, 0) is 28.9 Å². The molecule has 0 spiro atoms. The van der Waals surface area contributed by atoms with Crippen LogP contribution < -0.4 is 0 Å². The first kappa shape index (κ1) is 14.5. The SMILES string of the molecule is CC(Cn1ccnc1)n1c(CCCl)nc2cc(Br)cnc21. The van der Waals surface area contributed by atoms with Crippen molar-refractivity contribution >= 4 is 38.7 Å². The van der Waals surface area contributed by atoms with Crippen LogP contribution in [0.1, 0.15) is 18.8 Å². The summed E-state index contributed by atoms with van der Waals surface area (Å²) >= 11 is 9.36. The zero-order chi connectivity index (χ0) is 14.8. The smallest absolute Gasteiger partial charge is 0.160 e. The number of imidazole rings is 2. The molecular weight excluding hydrogens is 354 g/mol. The predicted molar refractivity (Wildman–Crippen MR) is 86.6 cm³/mol. The number of aromatic nitrogens is 5. The van der Waals surface area contributed by atoms with Gasteiger partial charge in [0.1, 0.15) is 11.3 Å². The average Bonchev–Trinajstić information content (AvgIpc) is 3.05. The van der Waals surface area contributed by atoms with Crippen molar-refractivity contribution in [3.05, 3.63) is 41.3 Å². The summed E-state index contributed by atoms with van der Waals surface area (Å²) in [6.07, 6.45) is 8.09. The van der Waals surface area contributed by atoms with Crippen molar-refractivity contribution in [2.24, 2.45) is 0 Å². The van der Waals surface area contributed by atoms with E-state index >= 15 is 0 Å². The molecule has 0 aromatic carbocycles. The molecule has 110 valence electrons. The van der Waals surface area contributed by atoms with Crippen LogP contribution in [-0.2, 0) is 13.0 Å². The van der Waals surface area contributed by atoms with Gasteiger partial charge in [-0.3, -0.25) is 0 Å². The van der Waals surface area contributed by atoms with Crippen LogP contribution in [0.2, 0.25) is 0 Å². The van der Waals surface area contributed by atoms with E-state index in [1.165, 1.54) is 0 Å². The van der Waals surface area contributed by atoms with Crippen molar-refractivity contribution in [1.82, 2.24) is 24.1 Å². The lowest BCUT2D eigenvalue weighted by molar-refractivity contribution is 0.459. The van der Waals surface area contributed by atoms with Crippen LogP contribution >= 0.6 is 27.5 Å². The van der Waals surface area contributed by atoms with E-state index in [0.29, 0.717) is 5.88 Å². The summed E-state index contributed by atoms with van der Waals surface area (Å²) in [5.74, 6) is 1.51. The number of halogens is 2. The first-order valence-electron chi connectivity index (χ1n) is 6.73. The van der Waals surface area contributed by atoms with E-state index in [9.17, 15) is 0 Å². The minimum absolute atomic E-state index is 0.219. The molecule has 3 aromatic rings. The quantitative estimate of drug-likeness (QED) is 0.648. The van der Waals surface area contributed by atoms with E-state index in [1.54, 1.807) is 12.4 Å². The van der Waals surface area contributed by atoms with Crippen LogP contribution in [0.4, 0.5) is 0 Å². The molecule has 0 aliphatic carbocycles. The Morgan fingerprint density at radius 1 is 1.43 bits per heavy atom. The van der Waals surface area contributed by atoms with Crippen LogP contribution in [-0.4, -0.2) is 30.0 Å². The number of hydrogen-bond donors (Lipinski definition) is 0. The molecule has 0 bridgehead atoms. The van der Waals surface area contributed by atoms with Crippen LogP contribution in [0.25, 0.3) is 11.2 Å². The maximum Gasteiger partial charge on any atom is 0.160 e. The summed E-state index contributed by atoms with van der Waals surface area (Å²) in [5, 5.41) is 0. The second kappa shape index (κ2) is 6.15. The number of hydrogen-bond acceptors (Lipinski definition) is 3. The van der Waals surface area contributed by atoms with Crippen LogP contribution in [0, 0.1) is 0 Å². The lowest BCUT2D eigenvalue weighted by atomic mass is 10.3. The van der Waals surface area contributed by atoms with Gasteiger partial charge in [-0.2, -0.15) is 0 Å². The predicted octanol–water partition coefficient (Wildman–Crippen LogP) is 3.43. The van der Waals surface area contributed by atoms with Gasteiger partial charge in [0.05, 0.1) is 12.4 Å². The minimum atomic E-state index is 0.219. The average molecular weight is 369 g/mol. The third kappa shape index (κ3) is 2.96. The van der Waals surface area contributed by atoms with Gasteiger partial charge < -0.3 is 9.13 Å². The number of fused-ring (bicyclic) bond motifs is 1. The maximum atomic E-state index is 5.92. The molecule has 1 unspecified atom stereocenters. The Bertz CT molecular complexity index is 737. The molecule has 0 saturated carbocycles. The largest absolute Gasteiger partial charge is 0.335 e. The number of rotatable bonds is 5. The number of alkyl halides is 1. The van der Waals surface area contributed by atoms with E-state index in [1.807, 2.05) is 18.6 Å². The lowest BCUT2D eigenvalue weighted by Gasteiger charge is -2.17. The van der Waals surface area contributed by atoms with Gasteiger partial charge in [0.15, 0.2) is 5.65 Å². The molecule has 0 N–H and O–H groups in total. The Morgan fingerprint density at radius 3 is 3.00 bits per heavy atom. The highest BCUT2D eigenvalue weighted by molar-refractivity contribution is 9.10. The summed E-state index contributed by atoms with van der Waals surface area (Å²) in [7, 11) is 0. The topological polar surface area (TPSA) is 48.5 Å². The second-order valence-electron chi connectivity index (χ2n) is 4.94. The third-order valence-corrected chi connectivity index (χ3v) is 3.99. The van der Waals surface area contributed by atoms with E-state index in [4.69, 9.17) is 11.6 Å². The van der Waals surface area contributed by atoms with Crippen molar-refractivity contribution in [2.45, 2.75) is 25.9 Å². The standard InChI is InChI=1S/C14H15BrClN5/c1-10(8-20-5-4-17-9-20)21-13(2-3-16)19-12-6-11(15)7-18-14(12)21/h4-7,9-10H,2-3,8H2,1H3. The van der Waals surface area contributed by atoms with Crippen LogP contribution in [0.5, 0.6) is 0 Å². The highest BCUT2D eigenvalue weighted by Crippen LogP contribution is 2.23. The van der Waals surface area contributed by atoms with Crippen molar-refractivity contribution < 1.29 is 0 Å². The first-order valence-corrected chi connectivity index (χ1v) is 8.06. The fourth-order valence-electron chi connectivity index (χ4n) is 2.51.